The first kappa shape index (κ1) is 22.5. The molecule has 1 aliphatic rings. The SMILES string of the molecule is Cl.O=C(CCC(=O)c1ccc(F)c(F)c1)NCCNC1CCCCCC1. The maximum Gasteiger partial charge on any atom is 0.220 e. The van der Waals surface area contributed by atoms with Gasteiger partial charge >= 0.3 is 0 Å². The van der Waals surface area contributed by atoms with Crippen LogP contribution >= 0.6 is 12.4 Å². The van der Waals surface area contributed by atoms with Crippen molar-refractivity contribution >= 4 is 24.1 Å². The quantitative estimate of drug-likeness (QED) is 0.405. The zero-order valence-electron chi connectivity index (χ0n) is 14.9. The summed E-state index contributed by atoms with van der Waals surface area (Å²) in [5.74, 6) is -2.63. The number of hydrogen-bond acceptors (Lipinski definition) is 3. The maximum atomic E-state index is 13.1. The molecule has 0 bridgehead atoms. The molecule has 1 fully saturated rings. The highest BCUT2D eigenvalue weighted by atomic mass is 35.5. The molecular formula is C19H27ClF2N2O2. The van der Waals surface area contributed by atoms with Crippen molar-refractivity contribution in [3.63, 3.8) is 0 Å². The van der Waals surface area contributed by atoms with Gasteiger partial charge in [-0.05, 0) is 31.0 Å². The molecule has 1 aromatic rings. The summed E-state index contributed by atoms with van der Waals surface area (Å²) in [6.07, 6.45) is 7.54. The van der Waals surface area contributed by atoms with Crippen LogP contribution in [0.25, 0.3) is 0 Å². The van der Waals surface area contributed by atoms with E-state index in [0.29, 0.717) is 19.1 Å². The predicted molar refractivity (Wildman–Crippen MR) is 99.7 cm³/mol. The Hall–Kier alpha value is -1.53. The number of hydrogen-bond donors (Lipinski definition) is 2. The second kappa shape index (κ2) is 12.0. The molecule has 2 N–H and O–H groups in total. The summed E-state index contributed by atoms with van der Waals surface area (Å²) >= 11 is 0. The number of halogens is 3. The summed E-state index contributed by atoms with van der Waals surface area (Å²) in [6.45, 7) is 1.24. The minimum absolute atomic E-state index is 0. The molecule has 0 heterocycles. The summed E-state index contributed by atoms with van der Waals surface area (Å²) in [5, 5.41) is 6.24. The molecule has 7 heteroatoms. The van der Waals surface area contributed by atoms with Crippen LogP contribution in [0.5, 0.6) is 0 Å². The molecule has 0 spiro atoms. The largest absolute Gasteiger partial charge is 0.355 e. The third-order valence-corrected chi connectivity index (χ3v) is 4.56. The van der Waals surface area contributed by atoms with Crippen LogP contribution in [-0.2, 0) is 4.79 Å². The van der Waals surface area contributed by atoms with Crippen molar-refractivity contribution in [3.8, 4) is 0 Å². The standard InChI is InChI=1S/C19H26F2N2O2.ClH/c20-16-8-7-14(13-17(16)21)18(24)9-10-19(25)23-12-11-22-15-5-3-1-2-4-6-15;/h7-8,13,15,22H,1-6,9-12H2,(H,23,25);1H. The van der Waals surface area contributed by atoms with Gasteiger partial charge in [-0.25, -0.2) is 8.78 Å². The van der Waals surface area contributed by atoms with Gasteiger partial charge in [-0.3, -0.25) is 9.59 Å². The summed E-state index contributed by atoms with van der Waals surface area (Å²) in [4.78, 5) is 23.7. The molecule has 0 aliphatic heterocycles. The topological polar surface area (TPSA) is 58.2 Å². The van der Waals surface area contributed by atoms with Gasteiger partial charge in [0.25, 0.3) is 0 Å². The molecule has 4 nitrogen and oxygen atoms in total. The van der Waals surface area contributed by atoms with Crippen LogP contribution in [0.15, 0.2) is 18.2 Å². The van der Waals surface area contributed by atoms with E-state index in [9.17, 15) is 18.4 Å². The van der Waals surface area contributed by atoms with E-state index in [1.165, 1.54) is 44.6 Å². The number of nitrogens with one attached hydrogen (secondary N) is 2. The molecular weight excluding hydrogens is 362 g/mol. The first-order valence-corrected chi connectivity index (χ1v) is 9.04. The maximum absolute atomic E-state index is 13.1. The fraction of sp³-hybridized carbons (Fsp3) is 0.579. The first-order chi connectivity index (χ1) is 12.1. The summed E-state index contributed by atoms with van der Waals surface area (Å²) in [5.41, 5.74) is 0.0849. The summed E-state index contributed by atoms with van der Waals surface area (Å²) < 4.78 is 26.0. The molecule has 26 heavy (non-hydrogen) atoms. The van der Waals surface area contributed by atoms with Gasteiger partial charge in [0, 0.05) is 37.5 Å². The third-order valence-electron chi connectivity index (χ3n) is 4.56. The molecule has 1 saturated carbocycles. The Labute approximate surface area is 159 Å². The van der Waals surface area contributed by atoms with Crippen molar-refractivity contribution in [1.29, 1.82) is 0 Å². The average molecular weight is 389 g/mol. The molecule has 0 saturated heterocycles. The van der Waals surface area contributed by atoms with Gasteiger partial charge in [0.2, 0.25) is 5.91 Å². The highest BCUT2D eigenvalue weighted by Gasteiger charge is 2.13. The number of benzene rings is 1. The molecule has 1 amide bonds. The van der Waals surface area contributed by atoms with Crippen LogP contribution in [0.4, 0.5) is 8.78 Å². The highest BCUT2D eigenvalue weighted by Crippen LogP contribution is 2.16. The van der Waals surface area contributed by atoms with E-state index >= 15 is 0 Å². The van der Waals surface area contributed by atoms with E-state index < -0.39 is 11.6 Å². The van der Waals surface area contributed by atoms with Crippen molar-refractivity contribution in [3.05, 3.63) is 35.4 Å². The molecule has 0 atom stereocenters. The number of rotatable bonds is 8. The Morgan fingerprint density at radius 2 is 1.65 bits per heavy atom. The number of Topliss-reactive ketones (excluding diaryl/α,β-unsaturated/α-hetero) is 1. The Balaban J connectivity index is 0.00000338. The fourth-order valence-electron chi connectivity index (χ4n) is 3.09. The predicted octanol–water partition coefficient (Wildman–Crippen LogP) is 3.78. The number of carbonyl (C=O) groups is 2. The zero-order chi connectivity index (χ0) is 18.1. The Morgan fingerprint density at radius 1 is 0.962 bits per heavy atom. The average Bonchev–Trinajstić information content (AvgIpc) is 2.88. The lowest BCUT2D eigenvalue weighted by molar-refractivity contribution is -0.121. The first-order valence-electron chi connectivity index (χ1n) is 9.04. The third kappa shape index (κ3) is 7.79. The van der Waals surface area contributed by atoms with E-state index in [1.807, 2.05) is 0 Å². The van der Waals surface area contributed by atoms with Crippen LogP contribution in [0.1, 0.15) is 61.7 Å². The van der Waals surface area contributed by atoms with Crippen molar-refractivity contribution in [2.24, 2.45) is 0 Å². The Kier molecular flexibility index (Phi) is 10.4. The van der Waals surface area contributed by atoms with Crippen LogP contribution in [0.2, 0.25) is 0 Å². The van der Waals surface area contributed by atoms with E-state index in [0.717, 1.165) is 12.1 Å². The van der Waals surface area contributed by atoms with Crippen LogP contribution in [0, 0.1) is 11.6 Å². The molecule has 1 aromatic carbocycles. The smallest absolute Gasteiger partial charge is 0.220 e. The second-order valence-electron chi connectivity index (χ2n) is 6.54. The molecule has 0 radical (unpaired) electrons. The van der Waals surface area contributed by atoms with Gasteiger partial charge in [0.05, 0.1) is 0 Å². The van der Waals surface area contributed by atoms with Gasteiger partial charge in [-0.15, -0.1) is 12.4 Å². The molecule has 2 rings (SSSR count). The van der Waals surface area contributed by atoms with Gasteiger partial charge in [0.1, 0.15) is 0 Å². The van der Waals surface area contributed by atoms with Gasteiger partial charge in [0.15, 0.2) is 17.4 Å². The van der Waals surface area contributed by atoms with Crippen molar-refractivity contribution in [2.45, 2.75) is 57.4 Å². The second-order valence-corrected chi connectivity index (χ2v) is 6.54. The molecule has 0 unspecified atom stereocenters. The Morgan fingerprint density at radius 3 is 2.31 bits per heavy atom. The van der Waals surface area contributed by atoms with Crippen LogP contribution in [-0.4, -0.2) is 30.8 Å². The lowest BCUT2D eigenvalue weighted by Crippen LogP contribution is -2.36. The number of ketones is 1. The fourth-order valence-corrected chi connectivity index (χ4v) is 3.09. The lowest BCUT2D eigenvalue weighted by atomic mass is 10.1. The lowest BCUT2D eigenvalue weighted by Gasteiger charge is -2.16. The van der Waals surface area contributed by atoms with Gasteiger partial charge in [-0.2, -0.15) is 0 Å². The summed E-state index contributed by atoms with van der Waals surface area (Å²) in [6, 6.07) is 3.55. The van der Waals surface area contributed by atoms with Gasteiger partial charge in [-0.1, -0.05) is 25.7 Å². The van der Waals surface area contributed by atoms with E-state index in [1.54, 1.807) is 0 Å². The summed E-state index contributed by atoms with van der Waals surface area (Å²) in [7, 11) is 0. The van der Waals surface area contributed by atoms with E-state index in [4.69, 9.17) is 0 Å². The van der Waals surface area contributed by atoms with E-state index in [2.05, 4.69) is 10.6 Å². The zero-order valence-corrected chi connectivity index (χ0v) is 15.7. The van der Waals surface area contributed by atoms with Crippen LogP contribution in [0.3, 0.4) is 0 Å². The minimum atomic E-state index is -1.06. The molecule has 1 aliphatic carbocycles. The number of amides is 1. The Bertz CT molecular complexity index is 591. The normalized spacial score (nSPS) is 15.0. The van der Waals surface area contributed by atoms with Gasteiger partial charge < -0.3 is 10.6 Å². The van der Waals surface area contributed by atoms with Crippen molar-refractivity contribution < 1.29 is 18.4 Å². The van der Waals surface area contributed by atoms with E-state index in [-0.39, 0.29) is 42.5 Å². The minimum Gasteiger partial charge on any atom is -0.355 e. The van der Waals surface area contributed by atoms with Crippen molar-refractivity contribution in [1.82, 2.24) is 10.6 Å². The molecule has 146 valence electrons. The highest BCUT2D eigenvalue weighted by molar-refractivity contribution is 5.97. The number of carbonyl (C=O) groups excluding carboxylic acids is 2. The van der Waals surface area contributed by atoms with Crippen molar-refractivity contribution in [2.75, 3.05) is 13.1 Å². The monoisotopic (exact) mass is 388 g/mol. The van der Waals surface area contributed by atoms with Crippen LogP contribution < -0.4 is 10.6 Å². The molecule has 0 aromatic heterocycles.